The number of hydrogen-bond acceptors (Lipinski definition) is 4. The molecule has 1 saturated heterocycles. The molecule has 21 heavy (non-hydrogen) atoms. The van der Waals surface area contributed by atoms with Crippen LogP contribution in [0.3, 0.4) is 0 Å². The van der Waals surface area contributed by atoms with Crippen molar-refractivity contribution in [1.29, 1.82) is 0 Å². The zero-order valence-electron chi connectivity index (χ0n) is 12.4. The van der Waals surface area contributed by atoms with Gasteiger partial charge in [-0.15, -0.1) is 11.3 Å². The standard InChI is InChI=1S/C14H22N2O3S2/c1-3-11(2)15-14(17)12-6-4-8-16(10-12)21(18,19)13-7-5-9-20-13/h5,7,9,11-12H,3-4,6,8,10H2,1-2H3,(H,15,17)/t11-,12-/m1/s1. The van der Waals surface area contributed by atoms with Crippen LogP contribution in [-0.4, -0.2) is 37.8 Å². The van der Waals surface area contributed by atoms with Crippen LogP contribution in [0.1, 0.15) is 33.1 Å². The van der Waals surface area contributed by atoms with Crippen LogP contribution in [-0.2, 0) is 14.8 Å². The largest absolute Gasteiger partial charge is 0.353 e. The van der Waals surface area contributed by atoms with Crippen LogP contribution in [0.25, 0.3) is 0 Å². The van der Waals surface area contributed by atoms with Gasteiger partial charge in [-0.05, 0) is 37.6 Å². The van der Waals surface area contributed by atoms with Crippen LogP contribution >= 0.6 is 11.3 Å². The Labute approximate surface area is 130 Å². The monoisotopic (exact) mass is 330 g/mol. The predicted octanol–water partition coefficient (Wildman–Crippen LogP) is 2.06. The number of thiophene rings is 1. The molecule has 2 atom stereocenters. The predicted molar refractivity (Wildman–Crippen MR) is 83.7 cm³/mol. The van der Waals surface area contributed by atoms with Crippen molar-refractivity contribution in [1.82, 2.24) is 9.62 Å². The van der Waals surface area contributed by atoms with Gasteiger partial charge in [0, 0.05) is 19.1 Å². The summed E-state index contributed by atoms with van der Waals surface area (Å²) >= 11 is 1.22. The van der Waals surface area contributed by atoms with Gasteiger partial charge in [-0.25, -0.2) is 8.42 Å². The van der Waals surface area contributed by atoms with Crippen molar-refractivity contribution in [2.75, 3.05) is 13.1 Å². The van der Waals surface area contributed by atoms with Gasteiger partial charge in [0.1, 0.15) is 4.21 Å². The average molecular weight is 330 g/mol. The maximum absolute atomic E-state index is 12.5. The number of nitrogens with one attached hydrogen (secondary N) is 1. The Morgan fingerprint density at radius 1 is 1.57 bits per heavy atom. The molecule has 0 radical (unpaired) electrons. The minimum Gasteiger partial charge on any atom is -0.353 e. The number of rotatable bonds is 5. The fraction of sp³-hybridized carbons (Fsp3) is 0.643. The summed E-state index contributed by atoms with van der Waals surface area (Å²) in [6.07, 6.45) is 2.34. The molecular weight excluding hydrogens is 308 g/mol. The van der Waals surface area contributed by atoms with Crippen molar-refractivity contribution in [2.24, 2.45) is 5.92 Å². The van der Waals surface area contributed by atoms with Gasteiger partial charge in [0.2, 0.25) is 5.91 Å². The third kappa shape index (κ3) is 3.84. The minimum atomic E-state index is -3.45. The second-order valence-electron chi connectivity index (χ2n) is 5.45. The van der Waals surface area contributed by atoms with Gasteiger partial charge in [-0.1, -0.05) is 13.0 Å². The van der Waals surface area contributed by atoms with E-state index < -0.39 is 10.0 Å². The molecule has 0 aromatic carbocycles. The molecule has 2 rings (SSSR count). The van der Waals surface area contributed by atoms with E-state index in [-0.39, 0.29) is 24.4 Å². The normalized spacial score (nSPS) is 21.9. The second-order valence-corrected chi connectivity index (χ2v) is 8.56. The number of amides is 1. The Bertz CT molecular complexity index is 569. The molecule has 0 saturated carbocycles. The summed E-state index contributed by atoms with van der Waals surface area (Å²) in [5.41, 5.74) is 0. The molecule has 0 unspecified atom stereocenters. The van der Waals surface area contributed by atoms with E-state index in [1.807, 2.05) is 13.8 Å². The molecule has 1 amide bonds. The minimum absolute atomic E-state index is 0.0320. The van der Waals surface area contributed by atoms with Crippen molar-refractivity contribution in [3.63, 3.8) is 0 Å². The lowest BCUT2D eigenvalue weighted by Gasteiger charge is -2.31. The van der Waals surface area contributed by atoms with Crippen LogP contribution in [0.2, 0.25) is 0 Å². The van der Waals surface area contributed by atoms with E-state index in [0.29, 0.717) is 10.8 Å². The highest BCUT2D eigenvalue weighted by Crippen LogP contribution is 2.26. The first kappa shape index (κ1) is 16.5. The van der Waals surface area contributed by atoms with Crippen LogP contribution in [0.4, 0.5) is 0 Å². The maximum Gasteiger partial charge on any atom is 0.252 e. The van der Waals surface area contributed by atoms with E-state index in [0.717, 1.165) is 19.3 Å². The van der Waals surface area contributed by atoms with Crippen molar-refractivity contribution in [3.05, 3.63) is 17.5 Å². The Kier molecular flexibility index (Phi) is 5.40. The quantitative estimate of drug-likeness (QED) is 0.899. The SMILES string of the molecule is CC[C@@H](C)NC(=O)[C@@H]1CCCN(S(=O)(=O)c2cccs2)C1. The Balaban J connectivity index is 2.06. The lowest BCUT2D eigenvalue weighted by molar-refractivity contribution is -0.126. The van der Waals surface area contributed by atoms with Crippen LogP contribution in [0, 0.1) is 5.92 Å². The summed E-state index contributed by atoms with van der Waals surface area (Å²) in [5.74, 6) is -0.280. The number of nitrogens with zero attached hydrogens (tertiary/aromatic N) is 1. The molecule has 2 heterocycles. The zero-order chi connectivity index (χ0) is 15.5. The highest BCUT2D eigenvalue weighted by atomic mass is 32.2. The molecule has 1 aromatic heterocycles. The third-order valence-electron chi connectivity index (χ3n) is 3.85. The van der Waals surface area contributed by atoms with E-state index in [4.69, 9.17) is 0 Å². The summed E-state index contributed by atoms with van der Waals surface area (Å²) in [6.45, 7) is 4.75. The van der Waals surface area contributed by atoms with Gasteiger partial charge in [-0.3, -0.25) is 4.79 Å². The Morgan fingerprint density at radius 3 is 2.95 bits per heavy atom. The van der Waals surface area contributed by atoms with E-state index >= 15 is 0 Å². The van der Waals surface area contributed by atoms with Crippen molar-refractivity contribution >= 4 is 27.3 Å². The van der Waals surface area contributed by atoms with E-state index in [2.05, 4.69) is 5.32 Å². The lowest BCUT2D eigenvalue weighted by atomic mass is 9.98. The van der Waals surface area contributed by atoms with Crippen molar-refractivity contribution in [2.45, 2.75) is 43.4 Å². The first-order valence-electron chi connectivity index (χ1n) is 7.29. The third-order valence-corrected chi connectivity index (χ3v) is 7.08. The first-order chi connectivity index (χ1) is 9.95. The van der Waals surface area contributed by atoms with Crippen molar-refractivity contribution in [3.8, 4) is 0 Å². The van der Waals surface area contributed by atoms with Gasteiger partial charge in [0.25, 0.3) is 10.0 Å². The maximum atomic E-state index is 12.5. The second kappa shape index (κ2) is 6.89. The average Bonchev–Trinajstić information content (AvgIpc) is 3.02. The Hall–Kier alpha value is -0.920. The molecule has 1 aliphatic rings. The summed E-state index contributed by atoms with van der Waals surface area (Å²) in [6, 6.07) is 3.47. The lowest BCUT2D eigenvalue weighted by Crippen LogP contribution is -2.46. The topological polar surface area (TPSA) is 66.5 Å². The van der Waals surface area contributed by atoms with Gasteiger partial charge < -0.3 is 5.32 Å². The van der Waals surface area contributed by atoms with Crippen LogP contribution in [0.5, 0.6) is 0 Å². The molecular formula is C14H22N2O3S2. The highest BCUT2D eigenvalue weighted by molar-refractivity contribution is 7.91. The fourth-order valence-electron chi connectivity index (χ4n) is 2.38. The Morgan fingerprint density at radius 2 is 2.33 bits per heavy atom. The van der Waals surface area contributed by atoms with E-state index in [1.165, 1.54) is 15.6 Å². The number of piperidine rings is 1. The summed E-state index contributed by atoms with van der Waals surface area (Å²) in [4.78, 5) is 12.2. The molecule has 7 heteroatoms. The van der Waals surface area contributed by atoms with E-state index in [9.17, 15) is 13.2 Å². The molecule has 1 fully saturated rings. The molecule has 0 aliphatic carbocycles. The molecule has 0 spiro atoms. The van der Waals surface area contributed by atoms with Gasteiger partial charge in [0.15, 0.2) is 0 Å². The van der Waals surface area contributed by atoms with Gasteiger partial charge in [-0.2, -0.15) is 4.31 Å². The number of carbonyl (C=O) groups excluding carboxylic acids is 1. The van der Waals surface area contributed by atoms with E-state index in [1.54, 1.807) is 17.5 Å². The van der Waals surface area contributed by atoms with Gasteiger partial charge >= 0.3 is 0 Å². The molecule has 1 aliphatic heterocycles. The smallest absolute Gasteiger partial charge is 0.252 e. The summed E-state index contributed by atoms with van der Waals surface area (Å²) in [5, 5.41) is 4.70. The zero-order valence-corrected chi connectivity index (χ0v) is 14.0. The highest BCUT2D eigenvalue weighted by Gasteiger charge is 2.33. The van der Waals surface area contributed by atoms with Crippen LogP contribution < -0.4 is 5.32 Å². The first-order valence-corrected chi connectivity index (χ1v) is 9.61. The number of sulfonamides is 1. The molecule has 1 N–H and O–H groups in total. The number of hydrogen-bond donors (Lipinski definition) is 1. The van der Waals surface area contributed by atoms with Crippen molar-refractivity contribution < 1.29 is 13.2 Å². The summed E-state index contributed by atoms with van der Waals surface area (Å²) < 4.78 is 26.8. The molecule has 5 nitrogen and oxygen atoms in total. The molecule has 118 valence electrons. The van der Waals surface area contributed by atoms with Gasteiger partial charge in [0.05, 0.1) is 5.92 Å². The van der Waals surface area contributed by atoms with Crippen LogP contribution in [0.15, 0.2) is 21.7 Å². The molecule has 1 aromatic rings. The summed E-state index contributed by atoms with van der Waals surface area (Å²) in [7, 11) is -3.45. The molecule has 0 bridgehead atoms. The number of carbonyl (C=O) groups is 1. The fourth-order valence-corrected chi connectivity index (χ4v) is 5.04.